The van der Waals surface area contributed by atoms with Crippen LogP contribution in [0.4, 0.5) is 0 Å². The molecule has 1 heterocycles. The fraction of sp³-hybridized carbons (Fsp3) is 0.923. The van der Waals surface area contributed by atoms with Gasteiger partial charge in [-0.1, -0.05) is 13.3 Å². The molecule has 2 aliphatic rings. The highest BCUT2D eigenvalue weighted by atomic mass is 16.5. The first kappa shape index (κ1) is 12.8. The number of nitrogens with one attached hydrogen (secondary N) is 1. The summed E-state index contributed by atoms with van der Waals surface area (Å²) in [6.45, 7) is 6.61. The maximum absolute atomic E-state index is 11.9. The topological polar surface area (TPSA) is 41.6 Å². The molecular formula is C13H24N2O2. The Balaban J connectivity index is 1.62. The van der Waals surface area contributed by atoms with Gasteiger partial charge in [0.2, 0.25) is 5.91 Å². The lowest BCUT2D eigenvalue weighted by atomic mass is 10.0. The van der Waals surface area contributed by atoms with Crippen molar-refractivity contribution in [1.29, 1.82) is 0 Å². The second-order valence-electron chi connectivity index (χ2n) is 5.35. The van der Waals surface area contributed by atoms with E-state index < -0.39 is 0 Å². The van der Waals surface area contributed by atoms with Gasteiger partial charge < -0.3 is 15.0 Å². The lowest BCUT2D eigenvalue weighted by molar-refractivity contribution is -0.134. The van der Waals surface area contributed by atoms with Crippen molar-refractivity contribution in [3.8, 4) is 0 Å². The molecule has 0 aromatic carbocycles. The molecule has 1 saturated heterocycles. The first-order valence-electron chi connectivity index (χ1n) is 6.82. The average Bonchev–Trinajstić information content (AvgIpc) is 3.11. The van der Waals surface area contributed by atoms with Crippen LogP contribution in [0.3, 0.4) is 0 Å². The molecule has 0 aromatic rings. The third kappa shape index (κ3) is 3.68. The number of rotatable bonds is 6. The maximum Gasteiger partial charge on any atom is 0.236 e. The van der Waals surface area contributed by atoms with Gasteiger partial charge >= 0.3 is 0 Å². The van der Waals surface area contributed by atoms with Gasteiger partial charge in [0.05, 0.1) is 19.8 Å². The van der Waals surface area contributed by atoms with Crippen molar-refractivity contribution in [2.75, 3.05) is 39.4 Å². The van der Waals surface area contributed by atoms with Crippen molar-refractivity contribution in [1.82, 2.24) is 10.2 Å². The Labute approximate surface area is 104 Å². The van der Waals surface area contributed by atoms with Crippen LogP contribution < -0.4 is 5.32 Å². The summed E-state index contributed by atoms with van der Waals surface area (Å²) in [5, 5.41) is 3.34. The average molecular weight is 240 g/mol. The number of hydrogen-bond acceptors (Lipinski definition) is 3. The predicted octanol–water partition coefficient (Wildman–Crippen LogP) is 1.02. The fourth-order valence-corrected chi connectivity index (χ4v) is 2.58. The summed E-state index contributed by atoms with van der Waals surface area (Å²) in [7, 11) is 0. The zero-order chi connectivity index (χ0) is 12.1. The fourth-order valence-electron chi connectivity index (χ4n) is 2.58. The van der Waals surface area contributed by atoms with E-state index >= 15 is 0 Å². The molecule has 1 saturated carbocycles. The molecule has 4 nitrogen and oxygen atoms in total. The molecule has 1 aliphatic heterocycles. The Hall–Kier alpha value is -0.610. The highest BCUT2D eigenvalue weighted by molar-refractivity contribution is 5.78. The number of carbonyl (C=O) groups excluding carboxylic acids is 1. The second kappa shape index (κ2) is 5.83. The molecule has 2 fully saturated rings. The van der Waals surface area contributed by atoms with E-state index in [2.05, 4.69) is 12.2 Å². The number of nitrogens with zero attached hydrogens (tertiary/aromatic N) is 1. The minimum atomic E-state index is 0.223. The number of amides is 1. The van der Waals surface area contributed by atoms with Gasteiger partial charge in [0.25, 0.3) is 0 Å². The highest BCUT2D eigenvalue weighted by Crippen LogP contribution is 2.48. The zero-order valence-corrected chi connectivity index (χ0v) is 10.8. The van der Waals surface area contributed by atoms with Crippen LogP contribution in [0.25, 0.3) is 0 Å². The van der Waals surface area contributed by atoms with Crippen LogP contribution in [0.1, 0.15) is 32.6 Å². The van der Waals surface area contributed by atoms with Gasteiger partial charge in [0.15, 0.2) is 0 Å². The maximum atomic E-state index is 11.9. The standard InChI is InChI=1S/C13H24N2O2/c1-2-3-13(4-5-13)11-14-10-12(16)15-6-8-17-9-7-15/h14H,2-11H2,1H3. The summed E-state index contributed by atoms with van der Waals surface area (Å²) in [6.07, 6.45) is 5.21. The number of carbonyl (C=O) groups is 1. The summed E-state index contributed by atoms with van der Waals surface area (Å²) < 4.78 is 5.24. The molecule has 0 aromatic heterocycles. The molecule has 1 aliphatic carbocycles. The monoisotopic (exact) mass is 240 g/mol. The van der Waals surface area contributed by atoms with Crippen molar-refractivity contribution < 1.29 is 9.53 Å². The summed E-state index contributed by atoms with van der Waals surface area (Å²) in [4.78, 5) is 13.8. The van der Waals surface area contributed by atoms with Crippen LogP contribution in [-0.2, 0) is 9.53 Å². The van der Waals surface area contributed by atoms with Crippen molar-refractivity contribution in [2.45, 2.75) is 32.6 Å². The van der Waals surface area contributed by atoms with Crippen molar-refractivity contribution in [2.24, 2.45) is 5.41 Å². The lowest BCUT2D eigenvalue weighted by Crippen LogP contribution is -2.45. The van der Waals surface area contributed by atoms with E-state index in [1.807, 2.05) is 4.90 Å². The van der Waals surface area contributed by atoms with E-state index in [9.17, 15) is 4.79 Å². The quantitative estimate of drug-likeness (QED) is 0.753. The zero-order valence-electron chi connectivity index (χ0n) is 10.8. The largest absolute Gasteiger partial charge is 0.378 e. The van der Waals surface area contributed by atoms with E-state index in [0.717, 1.165) is 19.6 Å². The molecule has 0 atom stereocenters. The first-order chi connectivity index (χ1) is 8.26. The van der Waals surface area contributed by atoms with E-state index in [0.29, 0.717) is 25.2 Å². The second-order valence-corrected chi connectivity index (χ2v) is 5.35. The number of hydrogen-bond donors (Lipinski definition) is 1. The van der Waals surface area contributed by atoms with Crippen LogP contribution in [0.2, 0.25) is 0 Å². The molecule has 1 N–H and O–H groups in total. The number of morpholine rings is 1. The van der Waals surface area contributed by atoms with Gasteiger partial charge in [-0.05, 0) is 24.7 Å². The first-order valence-corrected chi connectivity index (χ1v) is 6.82. The summed E-state index contributed by atoms with van der Waals surface area (Å²) in [6, 6.07) is 0. The third-order valence-electron chi connectivity index (χ3n) is 3.88. The van der Waals surface area contributed by atoms with Gasteiger partial charge in [-0.2, -0.15) is 0 Å². The Bertz CT molecular complexity index is 258. The molecule has 0 radical (unpaired) electrons. The Kier molecular flexibility index (Phi) is 4.40. The van der Waals surface area contributed by atoms with Crippen LogP contribution in [0.15, 0.2) is 0 Å². The predicted molar refractivity (Wildman–Crippen MR) is 66.8 cm³/mol. The number of ether oxygens (including phenoxy) is 1. The third-order valence-corrected chi connectivity index (χ3v) is 3.88. The van der Waals surface area contributed by atoms with E-state index in [-0.39, 0.29) is 5.91 Å². The molecule has 2 rings (SSSR count). The van der Waals surface area contributed by atoms with Gasteiger partial charge in [0, 0.05) is 19.6 Å². The van der Waals surface area contributed by atoms with Crippen LogP contribution in [-0.4, -0.2) is 50.2 Å². The summed E-state index contributed by atoms with van der Waals surface area (Å²) in [5.74, 6) is 0.223. The SMILES string of the molecule is CCCC1(CNCC(=O)N2CCOCC2)CC1. The minimum Gasteiger partial charge on any atom is -0.378 e. The molecule has 0 spiro atoms. The van der Waals surface area contributed by atoms with E-state index in [1.165, 1.54) is 25.7 Å². The highest BCUT2D eigenvalue weighted by Gasteiger charge is 2.40. The Morgan fingerprint density at radius 2 is 2.06 bits per heavy atom. The van der Waals surface area contributed by atoms with Crippen molar-refractivity contribution in [3.05, 3.63) is 0 Å². The minimum absolute atomic E-state index is 0.223. The Morgan fingerprint density at radius 1 is 1.35 bits per heavy atom. The van der Waals surface area contributed by atoms with Gasteiger partial charge in [0.1, 0.15) is 0 Å². The molecule has 17 heavy (non-hydrogen) atoms. The van der Waals surface area contributed by atoms with Gasteiger partial charge in [-0.15, -0.1) is 0 Å². The smallest absolute Gasteiger partial charge is 0.236 e. The van der Waals surface area contributed by atoms with Crippen molar-refractivity contribution in [3.63, 3.8) is 0 Å². The van der Waals surface area contributed by atoms with Crippen LogP contribution >= 0.6 is 0 Å². The lowest BCUT2D eigenvalue weighted by Gasteiger charge is -2.27. The van der Waals surface area contributed by atoms with Crippen LogP contribution in [0.5, 0.6) is 0 Å². The van der Waals surface area contributed by atoms with E-state index in [4.69, 9.17) is 4.74 Å². The Morgan fingerprint density at radius 3 is 2.65 bits per heavy atom. The molecule has 1 amide bonds. The normalized spacial score (nSPS) is 22.5. The summed E-state index contributed by atoms with van der Waals surface area (Å²) in [5.41, 5.74) is 0.528. The van der Waals surface area contributed by atoms with Gasteiger partial charge in [-0.3, -0.25) is 4.79 Å². The van der Waals surface area contributed by atoms with E-state index in [1.54, 1.807) is 0 Å². The molecule has 98 valence electrons. The molecule has 4 heteroatoms. The molecule has 0 bridgehead atoms. The summed E-state index contributed by atoms with van der Waals surface area (Å²) >= 11 is 0. The molecule has 0 unspecified atom stereocenters. The molecular weight excluding hydrogens is 216 g/mol. The van der Waals surface area contributed by atoms with Crippen molar-refractivity contribution >= 4 is 5.91 Å². The van der Waals surface area contributed by atoms with Crippen LogP contribution in [0, 0.1) is 5.41 Å². The van der Waals surface area contributed by atoms with Gasteiger partial charge in [-0.25, -0.2) is 0 Å².